The van der Waals surface area contributed by atoms with Crippen LogP contribution in [0.2, 0.25) is 0 Å². The second kappa shape index (κ2) is 5.58. The number of hydrogen-bond donors (Lipinski definition) is 1. The zero-order chi connectivity index (χ0) is 15.9. The van der Waals surface area contributed by atoms with Crippen LogP contribution >= 0.6 is 23.1 Å². The van der Waals surface area contributed by atoms with Gasteiger partial charge in [0.2, 0.25) is 0 Å². The number of ketones is 1. The van der Waals surface area contributed by atoms with Crippen molar-refractivity contribution >= 4 is 40.0 Å². The third kappa shape index (κ3) is 2.42. The van der Waals surface area contributed by atoms with E-state index < -0.39 is 11.2 Å². The Hall–Kier alpha value is -2.13. The number of carbonyl (C=O) groups excluding carboxylic acids is 1. The van der Waals surface area contributed by atoms with E-state index in [1.54, 1.807) is 13.1 Å². The van der Waals surface area contributed by atoms with Crippen molar-refractivity contribution in [2.45, 2.75) is 5.16 Å². The largest absolute Gasteiger partial charge is 0.332 e. The van der Waals surface area contributed by atoms with E-state index in [0.29, 0.717) is 15.7 Å². The van der Waals surface area contributed by atoms with Crippen molar-refractivity contribution in [1.82, 2.24) is 19.1 Å². The first-order valence-corrected chi connectivity index (χ1v) is 8.21. The number of aryl methyl sites for hydroxylation is 1. The normalized spacial score (nSPS) is 11.2. The van der Waals surface area contributed by atoms with E-state index in [-0.39, 0.29) is 17.1 Å². The molecular weight excluding hydrogens is 324 g/mol. The molecule has 3 aromatic heterocycles. The molecule has 0 atom stereocenters. The number of thioether (sulfide) groups is 1. The molecule has 0 spiro atoms. The molecule has 0 saturated heterocycles. The van der Waals surface area contributed by atoms with Gasteiger partial charge in [-0.3, -0.25) is 18.7 Å². The van der Waals surface area contributed by atoms with Crippen LogP contribution in [0.4, 0.5) is 0 Å². The number of imidazole rings is 1. The van der Waals surface area contributed by atoms with Gasteiger partial charge in [0.15, 0.2) is 22.1 Å². The highest BCUT2D eigenvalue weighted by Gasteiger charge is 2.15. The van der Waals surface area contributed by atoms with E-state index in [2.05, 4.69) is 9.97 Å². The molecule has 9 heteroatoms. The number of fused-ring (bicyclic) bond motifs is 1. The Morgan fingerprint density at radius 3 is 2.82 bits per heavy atom. The minimum absolute atomic E-state index is 0.00208. The molecular formula is C13H12N4O3S2. The summed E-state index contributed by atoms with van der Waals surface area (Å²) in [4.78, 5) is 43.7. The lowest BCUT2D eigenvalue weighted by Gasteiger charge is -2.00. The fourth-order valence-corrected chi connectivity index (χ4v) is 3.52. The van der Waals surface area contributed by atoms with Crippen molar-refractivity contribution in [3.05, 3.63) is 43.2 Å². The lowest BCUT2D eigenvalue weighted by molar-refractivity contribution is 0.102. The van der Waals surface area contributed by atoms with Gasteiger partial charge in [-0.25, -0.2) is 9.78 Å². The Balaban J connectivity index is 1.92. The van der Waals surface area contributed by atoms with Crippen molar-refractivity contribution in [2.24, 2.45) is 14.1 Å². The molecule has 3 rings (SSSR count). The van der Waals surface area contributed by atoms with Gasteiger partial charge < -0.3 is 4.98 Å². The molecule has 0 bridgehead atoms. The van der Waals surface area contributed by atoms with Crippen molar-refractivity contribution in [3.8, 4) is 0 Å². The highest BCUT2D eigenvalue weighted by Crippen LogP contribution is 2.19. The van der Waals surface area contributed by atoms with Gasteiger partial charge in [0, 0.05) is 14.1 Å². The molecule has 0 saturated carbocycles. The van der Waals surface area contributed by atoms with Crippen LogP contribution in [0.25, 0.3) is 11.2 Å². The maximum atomic E-state index is 12.0. The minimum atomic E-state index is -0.435. The molecule has 22 heavy (non-hydrogen) atoms. The summed E-state index contributed by atoms with van der Waals surface area (Å²) in [6, 6.07) is 3.59. The van der Waals surface area contributed by atoms with Crippen LogP contribution in [-0.4, -0.2) is 30.6 Å². The topological polar surface area (TPSA) is 89.8 Å². The number of nitrogens with zero attached hydrogens (tertiary/aromatic N) is 3. The Kier molecular flexibility index (Phi) is 3.75. The number of nitrogens with one attached hydrogen (secondary N) is 1. The van der Waals surface area contributed by atoms with E-state index in [1.165, 1.54) is 34.7 Å². The Labute approximate surface area is 132 Å². The van der Waals surface area contributed by atoms with Crippen molar-refractivity contribution in [3.63, 3.8) is 0 Å². The molecule has 0 aromatic carbocycles. The molecule has 0 aliphatic carbocycles. The third-order valence-electron chi connectivity index (χ3n) is 3.21. The first-order valence-electron chi connectivity index (χ1n) is 6.34. The minimum Gasteiger partial charge on any atom is -0.327 e. The van der Waals surface area contributed by atoms with Crippen molar-refractivity contribution < 1.29 is 4.79 Å². The van der Waals surface area contributed by atoms with Crippen LogP contribution in [0.5, 0.6) is 0 Å². The Morgan fingerprint density at radius 1 is 1.36 bits per heavy atom. The van der Waals surface area contributed by atoms with Crippen LogP contribution in [0.15, 0.2) is 32.3 Å². The van der Waals surface area contributed by atoms with Crippen molar-refractivity contribution in [2.75, 3.05) is 5.75 Å². The van der Waals surface area contributed by atoms with Gasteiger partial charge >= 0.3 is 5.69 Å². The smallest absolute Gasteiger partial charge is 0.327 e. The van der Waals surface area contributed by atoms with Crippen LogP contribution in [-0.2, 0) is 14.1 Å². The van der Waals surface area contributed by atoms with Gasteiger partial charge in [-0.05, 0) is 11.4 Å². The number of carbonyl (C=O) groups is 1. The average molecular weight is 336 g/mol. The summed E-state index contributed by atoms with van der Waals surface area (Å²) in [6.45, 7) is 0. The monoisotopic (exact) mass is 336 g/mol. The van der Waals surface area contributed by atoms with Gasteiger partial charge in [0.25, 0.3) is 5.56 Å². The first-order chi connectivity index (χ1) is 10.5. The molecule has 3 aromatic rings. The number of aromatic amines is 1. The van der Waals surface area contributed by atoms with Gasteiger partial charge in [0.05, 0.1) is 10.6 Å². The zero-order valence-electron chi connectivity index (χ0n) is 11.8. The van der Waals surface area contributed by atoms with Gasteiger partial charge in [-0.2, -0.15) is 0 Å². The maximum absolute atomic E-state index is 12.0. The fourth-order valence-electron chi connectivity index (χ4n) is 2.02. The molecule has 0 radical (unpaired) electrons. The summed E-state index contributed by atoms with van der Waals surface area (Å²) >= 11 is 2.60. The van der Waals surface area contributed by atoms with Crippen LogP contribution in [0.1, 0.15) is 9.67 Å². The quantitative estimate of drug-likeness (QED) is 0.567. The predicted molar refractivity (Wildman–Crippen MR) is 85.9 cm³/mol. The summed E-state index contributed by atoms with van der Waals surface area (Å²) in [5.74, 6) is 0.219. The number of aromatic nitrogens is 4. The summed E-state index contributed by atoms with van der Waals surface area (Å²) < 4.78 is 2.32. The molecule has 0 aliphatic rings. The summed E-state index contributed by atoms with van der Waals surface area (Å²) in [5, 5.41) is 2.29. The molecule has 0 unspecified atom stereocenters. The van der Waals surface area contributed by atoms with Gasteiger partial charge in [0.1, 0.15) is 0 Å². The Morgan fingerprint density at radius 2 is 2.14 bits per heavy atom. The third-order valence-corrected chi connectivity index (χ3v) is 4.99. The SMILES string of the molecule is Cn1c(=O)c2[nH]c(SCC(=O)c3cccs3)nc2n(C)c1=O. The molecule has 3 heterocycles. The van der Waals surface area contributed by atoms with E-state index in [0.717, 1.165) is 4.57 Å². The van der Waals surface area contributed by atoms with Crippen molar-refractivity contribution in [1.29, 1.82) is 0 Å². The molecule has 7 nitrogen and oxygen atoms in total. The highest BCUT2D eigenvalue weighted by molar-refractivity contribution is 7.99. The average Bonchev–Trinajstić information content (AvgIpc) is 3.17. The Bertz CT molecular complexity index is 966. The fraction of sp³-hybridized carbons (Fsp3) is 0.231. The predicted octanol–water partition coefficient (Wildman–Crippen LogP) is 0.997. The number of thiophene rings is 1. The van der Waals surface area contributed by atoms with E-state index in [1.807, 2.05) is 11.4 Å². The number of Topliss-reactive ketones (excluding diaryl/α,β-unsaturated/α-hetero) is 1. The molecule has 1 N–H and O–H groups in total. The maximum Gasteiger partial charge on any atom is 0.332 e. The standard InChI is InChI=1S/C13H12N4O3S2/c1-16-10-9(11(19)17(2)13(16)20)14-12(15-10)22-6-7(18)8-4-3-5-21-8/h3-5H,6H2,1-2H3,(H,14,15). The van der Waals surface area contributed by atoms with Crippen LogP contribution in [0, 0.1) is 0 Å². The summed E-state index contributed by atoms with van der Waals surface area (Å²) in [5.41, 5.74) is -0.313. The van der Waals surface area contributed by atoms with Crippen LogP contribution in [0.3, 0.4) is 0 Å². The van der Waals surface area contributed by atoms with Gasteiger partial charge in [-0.1, -0.05) is 17.8 Å². The molecule has 114 valence electrons. The first kappa shape index (κ1) is 14.8. The van der Waals surface area contributed by atoms with E-state index in [9.17, 15) is 14.4 Å². The molecule has 0 amide bonds. The van der Waals surface area contributed by atoms with E-state index in [4.69, 9.17) is 0 Å². The molecule has 0 aliphatic heterocycles. The molecule has 0 fully saturated rings. The van der Waals surface area contributed by atoms with Gasteiger partial charge in [-0.15, -0.1) is 11.3 Å². The summed E-state index contributed by atoms with van der Waals surface area (Å²) in [6.07, 6.45) is 0. The lowest BCUT2D eigenvalue weighted by Crippen LogP contribution is -2.36. The number of hydrogen-bond acceptors (Lipinski definition) is 6. The van der Waals surface area contributed by atoms with Crippen LogP contribution < -0.4 is 11.2 Å². The number of H-pyrrole nitrogens is 1. The summed E-state index contributed by atoms with van der Waals surface area (Å²) in [7, 11) is 2.97. The van der Waals surface area contributed by atoms with E-state index >= 15 is 0 Å². The number of rotatable bonds is 4. The highest BCUT2D eigenvalue weighted by atomic mass is 32.2. The zero-order valence-corrected chi connectivity index (χ0v) is 13.5. The lowest BCUT2D eigenvalue weighted by atomic mass is 10.4. The second-order valence-electron chi connectivity index (χ2n) is 4.64. The second-order valence-corrected chi connectivity index (χ2v) is 6.55.